The van der Waals surface area contributed by atoms with Crippen LogP contribution in [-0.2, 0) is 16.6 Å². The summed E-state index contributed by atoms with van der Waals surface area (Å²) in [4.78, 5) is 14.4. The van der Waals surface area contributed by atoms with Crippen LogP contribution in [0.4, 0.5) is 10.5 Å². The highest BCUT2D eigenvalue weighted by atomic mass is 32.2. The summed E-state index contributed by atoms with van der Waals surface area (Å²) >= 11 is 0. The molecule has 1 heterocycles. The molecule has 1 fully saturated rings. The second kappa shape index (κ2) is 9.34. The molecule has 0 spiro atoms. The van der Waals surface area contributed by atoms with Crippen molar-refractivity contribution in [1.82, 2.24) is 14.5 Å². The van der Waals surface area contributed by atoms with Crippen LogP contribution in [0.2, 0.25) is 0 Å². The van der Waals surface area contributed by atoms with Gasteiger partial charge >= 0.3 is 6.03 Å². The van der Waals surface area contributed by atoms with Crippen molar-refractivity contribution < 1.29 is 13.2 Å². The molecule has 2 rings (SSSR count). The summed E-state index contributed by atoms with van der Waals surface area (Å²) < 4.78 is 24.5. The number of nitrogens with one attached hydrogen (secondary N) is 2. The molecule has 0 unspecified atom stereocenters. The number of amides is 2. The molecule has 26 heavy (non-hydrogen) atoms. The third-order valence-electron chi connectivity index (χ3n) is 4.71. The number of carbonyl (C=O) groups is 1. The number of likely N-dealkylation sites (tertiary alicyclic amines) is 1. The summed E-state index contributed by atoms with van der Waals surface area (Å²) in [5, 5.41) is 5.35. The van der Waals surface area contributed by atoms with E-state index in [4.69, 9.17) is 0 Å². The predicted octanol–water partition coefficient (Wildman–Crippen LogP) is 2.07. The molecule has 0 saturated carbocycles. The smallest absolute Gasteiger partial charge is 0.319 e. The zero-order valence-electron chi connectivity index (χ0n) is 15.9. The summed E-state index contributed by atoms with van der Waals surface area (Å²) in [5.41, 5.74) is 1.87. The van der Waals surface area contributed by atoms with E-state index in [0.29, 0.717) is 11.7 Å². The summed E-state index contributed by atoms with van der Waals surface area (Å²) in [7, 11) is -0.357. The average Bonchev–Trinajstić information content (AvgIpc) is 2.57. The van der Waals surface area contributed by atoms with E-state index in [-0.39, 0.29) is 12.3 Å². The number of piperidine rings is 1. The molecular weight excluding hydrogens is 352 g/mol. The van der Waals surface area contributed by atoms with E-state index in [0.717, 1.165) is 23.0 Å². The Bertz CT molecular complexity index is 706. The molecule has 2 amide bonds. The molecule has 1 aliphatic rings. The van der Waals surface area contributed by atoms with Gasteiger partial charge in [0.15, 0.2) is 0 Å². The van der Waals surface area contributed by atoms with Crippen molar-refractivity contribution in [3.8, 4) is 0 Å². The maximum atomic E-state index is 12.0. The third kappa shape index (κ3) is 6.26. The minimum absolute atomic E-state index is 0.0668. The van der Waals surface area contributed by atoms with Gasteiger partial charge in [0, 0.05) is 38.9 Å². The van der Waals surface area contributed by atoms with E-state index in [1.165, 1.54) is 33.4 Å². The van der Waals surface area contributed by atoms with Gasteiger partial charge in [0.1, 0.15) is 0 Å². The highest BCUT2D eigenvalue weighted by molar-refractivity contribution is 7.89. The number of benzene rings is 1. The van der Waals surface area contributed by atoms with Crippen LogP contribution < -0.4 is 10.6 Å². The molecule has 2 N–H and O–H groups in total. The molecule has 1 saturated heterocycles. The molecule has 1 atom stereocenters. The summed E-state index contributed by atoms with van der Waals surface area (Å²) in [6.07, 6.45) is 3.76. The summed E-state index contributed by atoms with van der Waals surface area (Å²) in [5.74, 6) is -0.125. The topological polar surface area (TPSA) is 81.8 Å². The number of sulfonamides is 1. The van der Waals surface area contributed by atoms with Crippen molar-refractivity contribution >= 4 is 21.7 Å². The van der Waals surface area contributed by atoms with Crippen LogP contribution in [-0.4, -0.2) is 62.6 Å². The maximum absolute atomic E-state index is 12.0. The Labute approximate surface area is 156 Å². The number of hydrogen-bond acceptors (Lipinski definition) is 4. The van der Waals surface area contributed by atoms with Crippen molar-refractivity contribution in [2.75, 3.05) is 38.3 Å². The number of urea groups is 1. The van der Waals surface area contributed by atoms with E-state index in [1.807, 2.05) is 18.2 Å². The Morgan fingerprint density at radius 1 is 1.31 bits per heavy atom. The van der Waals surface area contributed by atoms with Crippen LogP contribution in [0.15, 0.2) is 24.3 Å². The monoisotopic (exact) mass is 382 g/mol. The normalized spacial score (nSPS) is 18.7. The number of hydrogen-bond donors (Lipinski definition) is 2. The third-order valence-corrected chi connectivity index (χ3v) is 6.55. The van der Waals surface area contributed by atoms with Gasteiger partial charge in [-0.3, -0.25) is 4.90 Å². The van der Waals surface area contributed by atoms with E-state index in [2.05, 4.69) is 28.5 Å². The lowest BCUT2D eigenvalue weighted by Gasteiger charge is -2.33. The molecule has 0 aliphatic carbocycles. The molecule has 1 aromatic carbocycles. The van der Waals surface area contributed by atoms with E-state index < -0.39 is 16.1 Å². The fourth-order valence-electron chi connectivity index (χ4n) is 3.03. The van der Waals surface area contributed by atoms with Crippen molar-refractivity contribution in [1.29, 1.82) is 0 Å². The molecule has 8 heteroatoms. The first-order valence-electron chi connectivity index (χ1n) is 9.06. The number of nitrogens with zero attached hydrogens (tertiary/aromatic N) is 2. The van der Waals surface area contributed by atoms with Crippen LogP contribution in [0.1, 0.15) is 31.7 Å². The minimum atomic E-state index is -3.31. The highest BCUT2D eigenvalue weighted by Gasteiger charge is 2.18. The maximum Gasteiger partial charge on any atom is 0.319 e. The van der Waals surface area contributed by atoms with E-state index >= 15 is 0 Å². The van der Waals surface area contributed by atoms with Crippen molar-refractivity contribution in [2.45, 2.75) is 38.8 Å². The Balaban J connectivity index is 1.84. The van der Waals surface area contributed by atoms with Crippen LogP contribution in [0.3, 0.4) is 0 Å². The molecule has 1 aromatic rings. The zero-order chi connectivity index (χ0) is 19.2. The van der Waals surface area contributed by atoms with Crippen LogP contribution in [0.25, 0.3) is 0 Å². The molecule has 0 radical (unpaired) electrons. The summed E-state index contributed by atoms with van der Waals surface area (Å²) in [6, 6.07) is 7.98. The number of rotatable bonds is 7. The SMILES string of the molecule is C[C@@H]1CCCCN1Cc1cccc(NC(=O)NCCS(=O)(=O)N(C)C)c1. The van der Waals surface area contributed by atoms with Gasteiger partial charge in [-0.15, -0.1) is 0 Å². The molecular formula is C18H30N4O3S. The molecule has 146 valence electrons. The lowest BCUT2D eigenvalue weighted by atomic mass is 10.0. The van der Waals surface area contributed by atoms with E-state index in [1.54, 1.807) is 0 Å². The summed E-state index contributed by atoms with van der Waals surface area (Å²) in [6.45, 7) is 4.31. The van der Waals surface area contributed by atoms with Gasteiger partial charge in [-0.05, 0) is 44.0 Å². The zero-order valence-corrected chi connectivity index (χ0v) is 16.7. The van der Waals surface area contributed by atoms with Crippen LogP contribution >= 0.6 is 0 Å². The Morgan fingerprint density at radius 3 is 2.77 bits per heavy atom. The fourth-order valence-corrected chi connectivity index (χ4v) is 3.75. The molecule has 1 aliphatic heterocycles. The second-order valence-electron chi connectivity index (χ2n) is 6.99. The van der Waals surface area contributed by atoms with Crippen LogP contribution in [0.5, 0.6) is 0 Å². The van der Waals surface area contributed by atoms with Gasteiger partial charge in [0.25, 0.3) is 0 Å². The number of anilines is 1. The lowest BCUT2D eigenvalue weighted by molar-refractivity contribution is 0.152. The second-order valence-corrected chi connectivity index (χ2v) is 9.30. The average molecular weight is 383 g/mol. The first kappa shape index (κ1) is 20.7. The Kier molecular flexibility index (Phi) is 7.43. The lowest BCUT2D eigenvalue weighted by Crippen LogP contribution is -2.37. The molecule has 0 bridgehead atoms. The number of carbonyl (C=O) groups excluding carboxylic acids is 1. The quantitative estimate of drug-likeness (QED) is 0.756. The minimum Gasteiger partial charge on any atom is -0.337 e. The standard InChI is InChI=1S/C18H30N4O3S/c1-15-7-4-5-11-22(15)14-16-8-6-9-17(13-16)20-18(23)19-10-12-26(24,25)21(2)3/h6,8-9,13,15H,4-5,7,10-12,14H2,1-3H3,(H2,19,20,23)/t15-/m1/s1. The van der Waals surface area contributed by atoms with Crippen molar-refractivity contribution in [2.24, 2.45) is 0 Å². The molecule has 0 aromatic heterocycles. The fraction of sp³-hybridized carbons (Fsp3) is 0.611. The van der Waals surface area contributed by atoms with E-state index in [9.17, 15) is 13.2 Å². The Morgan fingerprint density at radius 2 is 2.08 bits per heavy atom. The van der Waals surface area contributed by atoms with Crippen molar-refractivity contribution in [3.63, 3.8) is 0 Å². The predicted molar refractivity (Wildman–Crippen MR) is 105 cm³/mol. The first-order valence-corrected chi connectivity index (χ1v) is 10.7. The van der Waals surface area contributed by atoms with Gasteiger partial charge in [-0.25, -0.2) is 17.5 Å². The highest BCUT2D eigenvalue weighted by Crippen LogP contribution is 2.20. The van der Waals surface area contributed by atoms with Gasteiger partial charge in [0.2, 0.25) is 10.0 Å². The van der Waals surface area contributed by atoms with Gasteiger partial charge in [0.05, 0.1) is 5.75 Å². The largest absolute Gasteiger partial charge is 0.337 e. The molecule has 7 nitrogen and oxygen atoms in total. The first-order chi connectivity index (χ1) is 12.3. The van der Waals surface area contributed by atoms with Gasteiger partial charge in [-0.2, -0.15) is 0 Å². The van der Waals surface area contributed by atoms with Gasteiger partial charge < -0.3 is 10.6 Å². The van der Waals surface area contributed by atoms with Gasteiger partial charge in [-0.1, -0.05) is 18.6 Å². The van der Waals surface area contributed by atoms with Crippen molar-refractivity contribution in [3.05, 3.63) is 29.8 Å². The Hall–Kier alpha value is -1.64. The van der Waals surface area contributed by atoms with Crippen LogP contribution in [0, 0.1) is 0 Å².